The van der Waals surface area contributed by atoms with Crippen LogP contribution in [0, 0.1) is 11.8 Å². The van der Waals surface area contributed by atoms with Crippen molar-refractivity contribution in [2.45, 2.75) is 43.4 Å². The van der Waals surface area contributed by atoms with Gasteiger partial charge in [0.05, 0.1) is 34.2 Å². The number of benzene rings is 2. The quantitative estimate of drug-likeness (QED) is 0.323. The third kappa shape index (κ3) is 8.65. The summed E-state index contributed by atoms with van der Waals surface area (Å²) in [6.45, 7) is 2.51. The lowest BCUT2D eigenvalue weighted by molar-refractivity contribution is -0.140. The molecule has 2 heterocycles. The molecule has 0 atom stereocenters. The van der Waals surface area contributed by atoms with Gasteiger partial charge >= 0.3 is 6.18 Å². The molecule has 3 aromatic rings. The van der Waals surface area contributed by atoms with Gasteiger partial charge in [0.2, 0.25) is 0 Å². The van der Waals surface area contributed by atoms with E-state index in [0.29, 0.717) is 23.1 Å². The second-order valence-corrected chi connectivity index (χ2v) is 15.0. The highest BCUT2D eigenvalue weighted by Gasteiger charge is 2.30. The molecule has 42 heavy (non-hydrogen) atoms. The first-order valence-corrected chi connectivity index (χ1v) is 17.4. The van der Waals surface area contributed by atoms with Crippen molar-refractivity contribution in [3.05, 3.63) is 54.2 Å². The molecule has 4 rings (SSSR count). The molecule has 0 amide bonds. The Morgan fingerprint density at radius 1 is 1.02 bits per heavy atom. The van der Waals surface area contributed by atoms with Crippen LogP contribution in [0.3, 0.4) is 0 Å². The van der Waals surface area contributed by atoms with Gasteiger partial charge in [-0.25, -0.2) is 16.8 Å². The molecular formula is C29H35F3N4O4S2. The van der Waals surface area contributed by atoms with Gasteiger partial charge in [-0.2, -0.15) is 13.2 Å². The number of likely N-dealkylation sites (tertiary alicyclic amines) is 1. The van der Waals surface area contributed by atoms with Crippen LogP contribution in [0.2, 0.25) is 0 Å². The fraction of sp³-hybridized carbons (Fsp3) is 0.448. The summed E-state index contributed by atoms with van der Waals surface area (Å²) in [5.41, 5.74) is 2.03. The van der Waals surface area contributed by atoms with E-state index in [-0.39, 0.29) is 34.7 Å². The maximum atomic E-state index is 13.5. The predicted molar refractivity (Wildman–Crippen MR) is 160 cm³/mol. The van der Waals surface area contributed by atoms with Crippen LogP contribution in [0.25, 0.3) is 10.9 Å². The van der Waals surface area contributed by atoms with E-state index in [4.69, 9.17) is 0 Å². The Labute approximate surface area is 245 Å². The smallest absolute Gasteiger partial charge is 0.382 e. The molecule has 1 fully saturated rings. The first kappa shape index (κ1) is 31.7. The highest BCUT2D eigenvalue weighted by Crippen LogP contribution is 2.31. The number of fused-ring (bicyclic) bond motifs is 1. The largest absolute Gasteiger partial charge is 0.406 e. The van der Waals surface area contributed by atoms with E-state index < -0.39 is 32.4 Å². The number of rotatable bonds is 10. The zero-order valence-corrected chi connectivity index (χ0v) is 25.2. The first-order valence-electron chi connectivity index (χ1n) is 13.7. The SMILES string of the molecule is CCS(=O)(=O)c1ccc(NCC#Cc2cc3c(NC4CCN(CCS(C)(=O)=O)CC4)cccc3n2CC(F)(F)F)cc1. The van der Waals surface area contributed by atoms with Gasteiger partial charge in [-0.1, -0.05) is 18.9 Å². The third-order valence-electron chi connectivity index (χ3n) is 7.20. The number of sulfone groups is 2. The van der Waals surface area contributed by atoms with Crippen molar-refractivity contribution in [2.75, 3.05) is 54.6 Å². The van der Waals surface area contributed by atoms with Gasteiger partial charge in [-0.15, -0.1) is 0 Å². The number of nitrogens with zero attached hydrogens (tertiary/aromatic N) is 2. The number of alkyl halides is 3. The minimum atomic E-state index is -4.44. The maximum absolute atomic E-state index is 13.5. The van der Waals surface area contributed by atoms with Crippen LogP contribution >= 0.6 is 0 Å². The molecule has 0 saturated carbocycles. The van der Waals surface area contributed by atoms with Crippen LogP contribution in [0.15, 0.2) is 53.4 Å². The van der Waals surface area contributed by atoms with E-state index in [2.05, 4.69) is 27.4 Å². The van der Waals surface area contributed by atoms with E-state index in [1.807, 2.05) is 6.07 Å². The molecule has 0 radical (unpaired) electrons. The molecule has 13 heteroatoms. The van der Waals surface area contributed by atoms with Gasteiger partial charge in [0.15, 0.2) is 9.84 Å². The number of nitrogens with one attached hydrogen (secondary N) is 2. The molecule has 1 aliphatic rings. The number of halogens is 3. The summed E-state index contributed by atoms with van der Waals surface area (Å²) in [4.78, 5) is 2.34. The molecule has 1 aliphatic heterocycles. The Bertz CT molecular complexity index is 1670. The van der Waals surface area contributed by atoms with E-state index in [1.54, 1.807) is 37.3 Å². The van der Waals surface area contributed by atoms with Crippen LogP contribution in [0.4, 0.5) is 24.5 Å². The Kier molecular flexibility index (Phi) is 9.80. The summed E-state index contributed by atoms with van der Waals surface area (Å²) in [7, 11) is -6.34. The molecule has 0 spiro atoms. The monoisotopic (exact) mass is 624 g/mol. The standard InChI is InChI=1S/C29H35F3N4O4S2/c1-3-42(39,40)25-11-9-22(10-12-25)33-15-5-6-24-20-26-27(7-4-8-28(26)36(24)21-29(30,31)32)34-23-13-16-35(17-14-23)18-19-41(2,37)38/h4,7-12,20,23,33-34H,3,13-19,21H2,1-2H3. The second kappa shape index (κ2) is 13.0. The van der Waals surface area contributed by atoms with E-state index in [0.717, 1.165) is 31.6 Å². The summed E-state index contributed by atoms with van der Waals surface area (Å²) >= 11 is 0. The molecule has 228 valence electrons. The van der Waals surface area contributed by atoms with Gasteiger partial charge < -0.3 is 20.1 Å². The fourth-order valence-corrected chi connectivity index (χ4v) is 6.38. The molecular weight excluding hydrogens is 589 g/mol. The molecule has 0 bridgehead atoms. The van der Waals surface area contributed by atoms with Crippen LogP contribution in [0.1, 0.15) is 25.5 Å². The second-order valence-electron chi connectivity index (χ2n) is 10.4. The van der Waals surface area contributed by atoms with Crippen molar-refractivity contribution in [1.82, 2.24) is 9.47 Å². The van der Waals surface area contributed by atoms with Crippen LogP contribution in [-0.4, -0.2) is 82.5 Å². The van der Waals surface area contributed by atoms with E-state index in [1.165, 1.54) is 23.0 Å². The van der Waals surface area contributed by atoms with Crippen molar-refractivity contribution in [3.63, 3.8) is 0 Å². The Hall–Kier alpha value is -3.21. The number of piperidine rings is 1. The molecule has 0 aliphatic carbocycles. The zero-order valence-electron chi connectivity index (χ0n) is 23.5. The molecule has 1 saturated heterocycles. The van der Waals surface area contributed by atoms with Gasteiger partial charge in [0, 0.05) is 48.7 Å². The molecule has 2 N–H and O–H groups in total. The maximum Gasteiger partial charge on any atom is 0.406 e. The predicted octanol–water partition coefficient (Wildman–Crippen LogP) is 4.38. The minimum Gasteiger partial charge on any atom is -0.382 e. The normalized spacial score (nSPS) is 15.4. The van der Waals surface area contributed by atoms with Crippen LogP contribution in [-0.2, 0) is 26.2 Å². The van der Waals surface area contributed by atoms with Gasteiger partial charge in [-0.3, -0.25) is 0 Å². The third-order valence-corrected chi connectivity index (χ3v) is 9.87. The van der Waals surface area contributed by atoms with Crippen molar-refractivity contribution in [2.24, 2.45) is 0 Å². The number of aromatic nitrogens is 1. The van der Waals surface area contributed by atoms with Crippen LogP contribution in [0.5, 0.6) is 0 Å². The number of hydrogen-bond donors (Lipinski definition) is 2. The zero-order chi connectivity index (χ0) is 30.5. The van der Waals surface area contributed by atoms with E-state index >= 15 is 0 Å². The lowest BCUT2D eigenvalue weighted by atomic mass is 10.0. The van der Waals surface area contributed by atoms with Crippen molar-refractivity contribution in [1.29, 1.82) is 0 Å². The fourth-order valence-electron chi connectivity index (χ4n) is 4.91. The highest BCUT2D eigenvalue weighted by atomic mass is 32.2. The topological polar surface area (TPSA) is 101 Å². The summed E-state index contributed by atoms with van der Waals surface area (Å²) in [5.74, 6) is 5.88. The Morgan fingerprint density at radius 3 is 2.33 bits per heavy atom. The highest BCUT2D eigenvalue weighted by molar-refractivity contribution is 7.91. The lowest BCUT2D eigenvalue weighted by Gasteiger charge is -2.32. The number of hydrogen-bond acceptors (Lipinski definition) is 7. The van der Waals surface area contributed by atoms with Crippen molar-refractivity contribution < 1.29 is 30.0 Å². The van der Waals surface area contributed by atoms with Crippen LogP contribution < -0.4 is 10.6 Å². The molecule has 1 aromatic heterocycles. The summed E-state index contributed by atoms with van der Waals surface area (Å²) in [6.07, 6.45) is -1.64. The van der Waals surface area contributed by atoms with E-state index in [9.17, 15) is 30.0 Å². The molecule has 8 nitrogen and oxygen atoms in total. The first-order chi connectivity index (χ1) is 19.7. The Balaban J connectivity index is 1.48. The van der Waals surface area contributed by atoms with Gasteiger partial charge in [-0.05, 0) is 61.2 Å². The van der Waals surface area contributed by atoms with Gasteiger partial charge in [0.25, 0.3) is 0 Å². The van der Waals surface area contributed by atoms with Gasteiger partial charge in [0.1, 0.15) is 16.4 Å². The summed E-state index contributed by atoms with van der Waals surface area (Å²) in [6, 6.07) is 13.2. The molecule has 2 aromatic carbocycles. The molecule has 0 unspecified atom stereocenters. The Morgan fingerprint density at radius 2 is 1.71 bits per heavy atom. The van der Waals surface area contributed by atoms with Crippen molar-refractivity contribution >= 4 is 42.0 Å². The average molecular weight is 625 g/mol. The van der Waals surface area contributed by atoms with Crippen molar-refractivity contribution in [3.8, 4) is 11.8 Å². The number of anilines is 2. The minimum absolute atomic E-state index is 0.000966. The average Bonchev–Trinajstić information content (AvgIpc) is 3.27. The summed E-state index contributed by atoms with van der Waals surface area (Å²) in [5, 5.41) is 7.18. The summed E-state index contributed by atoms with van der Waals surface area (Å²) < 4.78 is 88.7. The lowest BCUT2D eigenvalue weighted by Crippen LogP contribution is -2.41.